The van der Waals surface area contributed by atoms with E-state index in [9.17, 15) is 4.57 Å². The minimum Gasteiger partial charge on any atom is -0.396 e. The van der Waals surface area contributed by atoms with Crippen molar-refractivity contribution in [2.24, 2.45) is 0 Å². The van der Waals surface area contributed by atoms with Crippen LogP contribution < -0.4 is 0 Å². The maximum Gasteiger partial charge on any atom is 0.332 e. The Morgan fingerprint density at radius 3 is 2.50 bits per heavy atom. The fourth-order valence-corrected chi connectivity index (χ4v) is 1.68. The normalized spacial score (nSPS) is 13.1. The first-order chi connectivity index (χ1) is 5.88. The van der Waals surface area contributed by atoms with Crippen LogP contribution in [0.5, 0.6) is 0 Å². The molecule has 64 valence electrons. The van der Waals surface area contributed by atoms with Crippen LogP contribution in [0.3, 0.4) is 0 Å². The summed E-state index contributed by atoms with van der Waals surface area (Å²) in [4.78, 5) is 0. The smallest absolute Gasteiger partial charge is 0.332 e. The maximum absolute atomic E-state index is 10.7. The number of rotatable bonds is 4. The molecule has 3 heteroatoms. The highest BCUT2D eigenvalue weighted by Gasteiger charge is 2.16. The Morgan fingerprint density at radius 2 is 2.00 bits per heavy atom. The zero-order valence-electron chi connectivity index (χ0n) is 6.73. The van der Waals surface area contributed by atoms with E-state index >= 15 is 0 Å². The van der Waals surface area contributed by atoms with E-state index in [1.165, 1.54) is 0 Å². The predicted molar refractivity (Wildman–Crippen MR) is 49.9 cm³/mol. The number of aliphatic hydroxyl groups is 1. The van der Waals surface area contributed by atoms with Gasteiger partial charge in [-0.05, 0) is 0 Å². The van der Waals surface area contributed by atoms with Crippen molar-refractivity contribution in [3.8, 4) is 0 Å². The lowest BCUT2D eigenvalue weighted by Crippen LogP contribution is -1.93. The molecular weight excluding hydrogens is 171 g/mol. The fraction of sp³-hybridized carbons (Fsp3) is 0.333. The highest BCUT2D eigenvalue weighted by atomic mass is 31.1. The number of hydrogen-bond donors (Lipinski definition) is 1. The number of aliphatic hydroxyl groups excluding tert-OH is 1. The molecule has 0 aliphatic rings. The van der Waals surface area contributed by atoms with Crippen molar-refractivity contribution in [2.45, 2.75) is 12.1 Å². The molecular formula is C9H12O2P+. The van der Waals surface area contributed by atoms with Crippen LogP contribution in [-0.4, -0.2) is 11.7 Å². The molecule has 0 fully saturated rings. The number of benzene rings is 1. The van der Waals surface area contributed by atoms with Crippen LogP contribution in [0.4, 0.5) is 0 Å². The van der Waals surface area contributed by atoms with Crippen molar-refractivity contribution in [3.63, 3.8) is 0 Å². The van der Waals surface area contributed by atoms with Gasteiger partial charge in [-0.2, -0.15) is 0 Å². The average molecular weight is 183 g/mol. The average Bonchev–Trinajstić information content (AvgIpc) is 2.15. The van der Waals surface area contributed by atoms with Gasteiger partial charge < -0.3 is 5.11 Å². The van der Waals surface area contributed by atoms with E-state index in [0.29, 0.717) is 6.42 Å². The van der Waals surface area contributed by atoms with Crippen LogP contribution in [0.1, 0.15) is 17.6 Å². The van der Waals surface area contributed by atoms with Gasteiger partial charge in [0.25, 0.3) is 0 Å². The molecule has 0 heterocycles. The van der Waals surface area contributed by atoms with Crippen LogP contribution in [0, 0.1) is 0 Å². The van der Waals surface area contributed by atoms with Gasteiger partial charge in [0.1, 0.15) is 0 Å². The summed E-state index contributed by atoms with van der Waals surface area (Å²) in [5, 5.41) is 8.69. The topological polar surface area (TPSA) is 37.3 Å². The van der Waals surface area contributed by atoms with Gasteiger partial charge in [-0.25, -0.2) is 0 Å². The van der Waals surface area contributed by atoms with Crippen molar-refractivity contribution < 1.29 is 9.67 Å². The summed E-state index contributed by atoms with van der Waals surface area (Å²) in [6.45, 7) is 0.0921. The van der Waals surface area contributed by atoms with Gasteiger partial charge in [0, 0.05) is 18.6 Å². The Balaban J connectivity index is 2.73. The van der Waals surface area contributed by atoms with E-state index in [1.54, 1.807) is 0 Å². The summed E-state index contributed by atoms with van der Waals surface area (Å²) < 4.78 is 10.7. The lowest BCUT2D eigenvalue weighted by Gasteiger charge is -2.00. The summed E-state index contributed by atoms with van der Waals surface area (Å²) in [5.41, 5.74) is 1.04. The van der Waals surface area contributed by atoms with Crippen molar-refractivity contribution >= 4 is 8.46 Å². The zero-order chi connectivity index (χ0) is 8.81. The van der Waals surface area contributed by atoms with Gasteiger partial charge >= 0.3 is 8.46 Å². The molecule has 0 spiro atoms. The van der Waals surface area contributed by atoms with Crippen molar-refractivity contribution in [3.05, 3.63) is 35.9 Å². The monoisotopic (exact) mass is 183 g/mol. The van der Waals surface area contributed by atoms with Crippen LogP contribution in [0.15, 0.2) is 30.3 Å². The minimum atomic E-state index is -0.377. The highest BCUT2D eigenvalue weighted by molar-refractivity contribution is 7.24. The molecule has 1 N–H and O–H groups in total. The second kappa shape index (κ2) is 5.02. The van der Waals surface area contributed by atoms with E-state index in [-0.39, 0.29) is 20.7 Å². The number of hydrogen-bond acceptors (Lipinski definition) is 2. The molecule has 2 atom stereocenters. The molecule has 1 rings (SSSR count). The molecule has 0 aromatic heterocycles. The van der Waals surface area contributed by atoms with Gasteiger partial charge in [-0.15, -0.1) is 0 Å². The molecule has 0 amide bonds. The molecule has 0 aliphatic heterocycles. The van der Waals surface area contributed by atoms with Gasteiger partial charge in [0.2, 0.25) is 0 Å². The standard InChI is InChI=1S/C9H11O2P/c10-7-6-9(12-11)8-4-2-1-3-5-8/h1-5,9-10H,6-7H2/p+1. The molecule has 0 saturated carbocycles. The first-order valence-corrected chi connectivity index (χ1v) is 4.90. The Kier molecular flexibility index (Phi) is 3.92. The second-order valence-electron chi connectivity index (χ2n) is 2.59. The fourth-order valence-electron chi connectivity index (χ4n) is 1.11. The lowest BCUT2D eigenvalue weighted by molar-refractivity contribution is 0.286. The third-order valence-electron chi connectivity index (χ3n) is 1.76. The van der Waals surface area contributed by atoms with Gasteiger partial charge in [-0.1, -0.05) is 34.9 Å². The highest BCUT2D eigenvalue weighted by Crippen LogP contribution is 2.29. The van der Waals surface area contributed by atoms with Gasteiger partial charge in [0.05, 0.1) is 0 Å². The summed E-state index contributed by atoms with van der Waals surface area (Å²) in [6, 6.07) is 9.63. The molecule has 2 unspecified atom stereocenters. The summed E-state index contributed by atoms with van der Waals surface area (Å²) in [7, 11) is -0.377. The van der Waals surface area contributed by atoms with Crippen molar-refractivity contribution in [1.82, 2.24) is 0 Å². The van der Waals surface area contributed by atoms with E-state index in [4.69, 9.17) is 5.11 Å². The molecule has 1 aromatic rings. The van der Waals surface area contributed by atoms with E-state index < -0.39 is 0 Å². The van der Waals surface area contributed by atoms with Crippen LogP contribution in [0.25, 0.3) is 0 Å². The van der Waals surface area contributed by atoms with Crippen LogP contribution >= 0.6 is 8.46 Å². The molecule has 2 nitrogen and oxygen atoms in total. The summed E-state index contributed by atoms with van der Waals surface area (Å²) >= 11 is 0. The quantitative estimate of drug-likeness (QED) is 0.726. The molecule has 0 aliphatic carbocycles. The largest absolute Gasteiger partial charge is 0.396 e. The molecule has 0 radical (unpaired) electrons. The SMILES string of the molecule is O=[PH+]C(CCO)c1ccccc1. The zero-order valence-corrected chi connectivity index (χ0v) is 7.73. The third kappa shape index (κ3) is 2.40. The molecule has 12 heavy (non-hydrogen) atoms. The van der Waals surface area contributed by atoms with E-state index in [2.05, 4.69) is 0 Å². The Hall–Kier alpha value is -0.720. The first-order valence-electron chi connectivity index (χ1n) is 3.92. The predicted octanol–water partition coefficient (Wildman–Crippen LogP) is 2.13. The summed E-state index contributed by atoms with van der Waals surface area (Å²) in [6.07, 6.45) is 0.575. The molecule has 1 aromatic carbocycles. The van der Waals surface area contributed by atoms with Gasteiger partial charge in [-0.3, -0.25) is 0 Å². The Morgan fingerprint density at radius 1 is 1.33 bits per heavy atom. The van der Waals surface area contributed by atoms with Crippen LogP contribution in [-0.2, 0) is 4.57 Å². The van der Waals surface area contributed by atoms with Crippen molar-refractivity contribution in [2.75, 3.05) is 6.61 Å². The van der Waals surface area contributed by atoms with E-state index in [0.717, 1.165) is 5.56 Å². The lowest BCUT2D eigenvalue weighted by atomic mass is 10.1. The second-order valence-corrected chi connectivity index (χ2v) is 3.53. The Labute approximate surface area is 73.4 Å². The summed E-state index contributed by atoms with van der Waals surface area (Å²) in [5.74, 6) is 0. The minimum absolute atomic E-state index is 0.00352. The van der Waals surface area contributed by atoms with Gasteiger partial charge in [0.15, 0.2) is 5.66 Å². The van der Waals surface area contributed by atoms with Crippen LogP contribution in [0.2, 0.25) is 0 Å². The van der Waals surface area contributed by atoms with E-state index in [1.807, 2.05) is 30.3 Å². The molecule has 0 saturated heterocycles. The first kappa shape index (κ1) is 9.37. The molecule has 0 bridgehead atoms. The maximum atomic E-state index is 10.7. The Bertz CT molecular complexity index is 236. The van der Waals surface area contributed by atoms with Crippen molar-refractivity contribution in [1.29, 1.82) is 0 Å². The third-order valence-corrected chi connectivity index (χ3v) is 2.67.